The number of ether oxygens (including phenoxy) is 1. The number of piperazine rings is 1. The fourth-order valence-corrected chi connectivity index (χ4v) is 4.52. The van der Waals surface area contributed by atoms with Crippen molar-refractivity contribution in [2.75, 3.05) is 33.3 Å². The standard InChI is InChI=1S/C19H24N2O3S/c1-16-4-3-5-17(14-16)15-20-10-12-21(13-11-20)25(22,23)19-8-6-18(24-2)7-9-19/h3-9,14H,10-13,15H2,1-2H3. The van der Waals surface area contributed by atoms with Gasteiger partial charge >= 0.3 is 0 Å². The van der Waals surface area contributed by atoms with E-state index in [1.807, 2.05) is 0 Å². The first-order valence-electron chi connectivity index (χ1n) is 8.41. The van der Waals surface area contributed by atoms with E-state index in [2.05, 4.69) is 36.1 Å². The molecule has 0 saturated carbocycles. The van der Waals surface area contributed by atoms with Crippen molar-refractivity contribution in [1.29, 1.82) is 0 Å². The lowest BCUT2D eigenvalue weighted by Crippen LogP contribution is -2.48. The van der Waals surface area contributed by atoms with E-state index < -0.39 is 10.0 Å². The van der Waals surface area contributed by atoms with Crippen LogP contribution >= 0.6 is 0 Å². The highest BCUT2D eigenvalue weighted by Gasteiger charge is 2.28. The molecule has 1 aliphatic rings. The summed E-state index contributed by atoms with van der Waals surface area (Å²) in [6.07, 6.45) is 0. The molecule has 0 aromatic heterocycles. The predicted molar refractivity (Wildman–Crippen MR) is 98.2 cm³/mol. The Labute approximate surface area is 149 Å². The molecule has 2 aromatic carbocycles. The topological polar surface area (TPSA) is 49.9 Å². The lowest BCUT2D eigenvalue weighted by Gasteiger charge is -2.34. The predicted octanol–water partition coefficient (Wildman–Crippen LogP) is 2.51. The first-order valence-corrected chi connectivity index (χ1v) is 9.85. The van der Waals surface area contributed by atoms with Crippen LogP contribution in [0.2, 0.25) is 0 Å². The maximum atomic E-state index is 12.8. The van der Waals surface area contributed by atoms with Crippen LogP contribution in [0.15, 0.2) is 53.4 Å². The summed E-state index contributed by atoms with van der Waals surface area (Å²) in [5.41, 5.74) is 2.52. The molecule has 0 N–H and O–H groups in total. The van der Waals surface area contributed by atoms with E-state index in [0.29, 0.717) is 23.7 Å². The van der Waals surface area contributed by atoms with Gasteiger partial charge in [-0.05, 0) is 36.8 Å². The zero-order chi connectivity index (χ0) is 17.9. The Kier molecular flexibility index (Phi) is 5.42. The summed E-state index contributed by atoms with van der Waals surface area (Å²) in [6.45, 7) is 5.45. The van der Waals surface area contributed by atoms with Gasteiger partial charge < -0.3 is 4.74 Å². The molecule has 2 aromatic rings. The second kappa shape index (κ2) is 7.56. The summed E-state index contributed by atoms with van der Waals surface area (Å²) in [4.78, 5) is 2.62. The van der Waals surface area contributed by atoms with Gasteiger partial charge in [0.2, 0.25) is 10.0 Å². The minimum Gasteiger partial charge on any atom is -0.497 e. The van der Waals surface area contributed by atoms with Gasteiger partial charge in [0, 0.05) is 32.7 Å². The third kappa shape index (κ3) is 4.21. The third-order valence-electron chi connectivity index (χ3n) is 4.52. The van der Waals surface area contributed by atoms with Crippen molar-refractivity contribution in [1.82, 2.24) is 9.21 Å². The van der Waals surface area contributed by atoms with Crippen LogP contribution in [0.4, 0.5) is 0 Å². The number of hydrogen-bond acceptors (Lipinski definition) is 4. The van der Waals surface area contributed by atoms with Gasteiger partial charge in [-0.1, -0.05) is 29.8 Å². The number of rotatable bonds is 5. The average Bonchev–Trinajstić information content (AvgIpc) is 2.62. The van der Waals surface area contributed by atoms with Crippen molar-refractivity contribution < 1.29 is 13.2 Å². The molecule has 0 atom stereocenters. The number of methoxy groups -OCH3 is 1. The first-order chi connectivity index (χ1) is 12.0. The zero-order valence-electron chi connectivity index (χ0n) is 14.7. The van der Waals surface area contributed by atoms with E-state index in [1.165, 1.54) is 11.1 Å². The fraction of sp³-hybridized carbons (Fsp3) is 0.368. The molecule has 1 saturated heterocycles. The van der Waals surface area contributed by atoms with Gasteiger partial charge in [-0.2, -0.15) is 4.31 Å². The van der Waals surface area contributed by atoms with Crippen molar-refractivity contribution in [2.45, 2.75) is 18.4 Å². The van der Waals surface area contributed by atoms with Gasteiger partial charge in [-0.15, -0.1) is 0 Å². The Morgan fingerprint density at radius 2 is 1.68 bits per heavy atom. The molecule has 0 unspecified atom stereocenters. The van der Waals surface area contributed by atoms with Crippen molar-refractivity contribution in [2.24, 2.45) is 0 Å². The molecule has 0 amide bonds. The summed E-state index contributed by atoms with van der Waals surface area (Å²) < 4.78 is 32.2. The molecule has 134 valence electrons. The van der Waals surface area contributed by atoms with Crippen molar-refractivity contribution >= 4 is 10.0 Å². The maximum Gasteiger partial charge on any atom is 0.243 e. The molecule has 0 spiro atoms. The van der Waals surface area contributed by atoms with Crippen molar-refractivity contribution in [3.05, 3.63) is 59.7 Å². The SMILES string of the molecule is COc1ccc(S(=O)(=O)N2CCN(Cc3cccc(C)c3)CC2)cc1. The summed E-state index contributed by atoms with van der Waals surface area (Å²) >= 11 is 0. The van der Waals surface area contributed by atoms with Crippen LogP contribution in [-0.2, 0) is 16.6 Å². The van der Waals surface area contributed by atoms with Crippen LogP contribution < -0.4 is 4.74 Å². The van der Waals surface area contributed by atoms with Crippen LogP contribution in [0, 0.1) is 6.92 Å². The largest absolute Gasteiger partial charge is 0.497 e. The van der Waals surface area contributed by atoms with Crippen LogP contribution in [0.3, 0.4) is 0 Å². The second-order valence-corrected chi connectivity index (χ2v) is 8.28. The zero-order valence-corrected chi connectivity index (χ0v) is 15.5. The quantitative estimate of drug-likeness (QED) is 0.822. The lowest BCUT2D eigenvalue weighted by atomic mass is 10.1. The molecule has 1 heterocycles. The smallest absolute Gasteiger partial charge is 0.243 e. The highest BCUT2D eigenvalue weighted by molar-refractivity contribution is 7.89. The normalized spacial score (nSPS) is 16.7. The molecule has 0 radical (unpaired) electrons. The van der Waals surface area contributed by atoms with E-state index in [-0.39, 0.29) is 0 Å². The first kappa shape index (κ1) is 17.9. The van der Waals surface area contributed by atoms with Gasteiger partial charge in [0.05, 0.1) is 12.0 Å². The summed E-state index contributed by atoms with van der Waals surface area (Å²) in [5.74, 6) is 0.655. The molecular weight excluding hydrogens is 336 g/mol. The summed E-state index contributed by atoms with van der Waals surface area (Å²) in [6, 6.07) is 15.0. The molecule has 3 rings (SSSR count). The monoisotopic (exact) mass is 360 g/mol. The lowest BCUT2D eigenvalue weighted by molar-refractivity contribution is 0.181. The number of aryl methyl sites for hydroxylation is 1. The maximum absolute atomic E-state index is 12.8. The van der Waals surface area contributed by atoms with Crippen LogP contribution in [0.5, 0.6) is 5.75 Å². The van der Waals surface area contributed by atoms with E-state index in [1.54, 1.807) is 35.7 Å². The molecule has 25 heavy (non-hydrogen) atoms. The fourth-order valence-electron chi connectivity index (χ4n) is 3.09. The van der Waals surface area contributed by atoms with E-state index in [9.17, 15) is 8.42 Å². The van der Waals surface area contributed by atoms with Gasteiger partial charge in [-0.25, -0.2) is 8.42 Å². The van der Waals surface area contributed by atoms with E-state index in [0.717, 1.165) is 19.6 Å². The van der Waals surface area contributed by atoms with Gasteiger partial charge in [-0.3, -0.25) is 4.90 Å². The molecule has 0 bridgehead atoms. The highest BCUT2D eigenvalue weighted by Crippen LogP contribution is 2.21. The molecule has 5 nitrogen and oxygen atoms in total. The molecular formula is C19H24N2O3S. The molecule has 1 aliphatic heterocycles. The molecule has 6 heteroatoms. The molecule has 0 aliphatic carbocycles. The minimum absolute atomic E-state index is 0.320. The van der Waals surface area contributed by atoms with Crippen LogP contribution in [0.1, 0.15) is 11.1 Å². The number of hydrogen-bond donors (Lipinski definition) is 0. The summed E-state index contributed by atoms with van der Waals surface area (Å²) in [7, 11) is -1.87. The Morgan fingerprint density at radius 3 is 2.28 bits per heavy atom. The number of nitrogens with zero attached hydrogens (tertiary/aromatic N) is 2. The van der Waals surface area contributed by atoms with Gasteiger partial charge in [0.25, 0.3) is 0 Å². The number of benzene rings is 2. The van der Waals surface area contributed by atoms with Crippen LogP contribution in [-0.4, -0.2) is 50.9 Å². The Balaban J connectivity index is 1.62. The average molecular weight is 360 g/mol. The highest BCUT2D eigenvalue weighted by atomic mass is 32.2. The summed E-state index contributed by atoms with van der Waals surface area (Å²) in [5, 5.41) is 0. The minimum atomic E-state index is -3.44. The van der Waals surface area contributed by atoms with E-state index in [4.69, 9.17) is 4.74 Å². The van der Waals surface area contributed by atoms with E-state index >= 15 is 0 Å². The Morgan fingerprint density at radius 1 is 1.00 bits per heavy atom. The Hall–Kier alpha value is -1.89. The van der Waals surface area contributed by atoms with Gasteiger partial charge in [0.15, 0.2) is 0 Å². The van der Waals surface area contributed by atoms with Crippen LogP contribution in [0.25, 0.3) is 0 Å². The van der Waals surface area contributed by atoms with Crippen molar-refractivity contribution in [3.8, 4) is 5.75 Å². The van der Waals surface area contributed by atoms with Gasteiger partial charge in [0.1, 0.15) is 5.75 Å². The molecule has 1 fully saturated rings. The number of sulfonamides is 1. The Bertz CT molecular complexity index is 811. The third-order valence-corrected chi connectivity index (χ3v) is 6.43. The van der Waals surface area contributed by atoms with Crippen molar-refractivity contribution in [3.63, 3.8) is 0 Å². The second-order valence-electron chi connectivity index (χ2n) is 6.34.